The lowest BCUT2D eigenvalue weighted by atomic mass is 9.88. The molecule has 0 rings (SSSR count). The van der Waals surface area contributed by atoms with Crippen molar-refractivity contribution in [1.29, 1.82) is 0 Å². The van der Waals surface area contributed by atoms with Gasteiger partial charge >= 0.3 is 0 Å². The summed E-state index contributed by atoms with van der Waals surface area (Å²) in [6.07, 6.45) is 27.5. The molecule has 0 saturated carbocycles. The molecule has 0 spiro atoms. The average molecular weight is 335 g/mol. The maximum atomic E-state index is 3.78. The van der Waals surface area contributed by atoms with Gasteiger partial charge in [0.1, 0.15) is 0 Å². The van der Waals surface area contributed by atoms with Gasteiger partial charge in [0.05, 0.1) is 0 Å². The Morgan fingerprint density at radius 3 is 1.92 bits per heavy atom. The van der Waals surface area contributed by atoms with Crippen LogP contribution >= 0.6 is 0 Å². The third-order valence-electron chi connectivity index (χ3n) is 5.44. The van der Waals surface area contributed by atoms with Crippen molar-refractivity contribution in [3.63, 3.8) is 0 Å². The van der Waals surface area contributed by atoms with Gasteiger partial charge in [0.25, 0.3) is 0 Å². The van der Waals surface area contributed by atoms with E-state index < -0.39 is 0 Å². The molecular formula is C24H46. The standard InChI is InChI=1S/C24H46/c1-5-7-9-11-12-13-14-15-16-18-20-22-24(4)23(3)21-19-17-10-8-6-2/h5,18,20,23-24H,1,6-17,19,21-22H2,2-4H3. The molecule has 0 nitrogen and oxygen atoms in total. The van der Waals surface area contributed by atoms with Crippen LogP contribution in [0.15, 0.2) is 24.8 Å². The summed E-state index contributed by atoms with van der Waals surface area (Å²) >= 11 is 0. The van der Waals surface area contributed by atoms with Crippen molar-refractivity contribution in [3.8, 4) is 0 Å². The van der Waals surface area contributed by atoms with Crippen LogP contribution in [0.2, 0.25) is 0 Å². The molecule has 0 N–H and O–H groups in total. The Labute approximate surface area is 154 Å². The third kappa shape index (κ3) is 16.3. The van der Waals surface area contributed by atoms with E-state index in [4.69, 9.17) is 0 Å². The van der Waals surface area contributed by atoms with Crippen LogP contribution in [0.1, 0.15) is 117 Å². The van der Waals surface area contributed by atoms with Gasteiger partial charge in [0.2, 0.25) is 0 Å². The summed E-state index contributed by atoms with van der Waals surface area (Å²) in [7, 11) is 0. The van der Waals surface area contributed by atoms with Gasteiger partial charge in [-0.3, -0.25) is 0 Å². The van der Waals surface area contributed by atoms with E-state index in [1.54, 1.807) is 0 Å². The highest BCUT2D eigenvalue weighted by Crippen LogP contribution is 2.22. The molecule has 0 aromatic rings. The number of unbranched alkanes of at least 4 members (excludes halogenated alkanes) is 11. The first-order valence-electron chi connectivity index (χ1n) is 11.0. The smallest absolute Gasteiger partial charge is 0.0322 e. The molecule has 0 aliphatic carbocycles. The largest absolute Gasteiger partial charge is 0.103 e. The number of hydrogen-bond donors (Lipinski definition) is 0. The van der Waals surface area contributed by atoms with Crippen molar-refractivity contribution in [3.05, 3.63) is 24.8 Å². The van der Waals surface area contributed by atoms with Crippen LogP contribution in [0.5, 0.6) is 0 Å². The fraction of sp³-hybridized carbons (Fsp3) is 0.833. The zero-order chi connectivity index (χ0) is 17.9. The molecule has 0 aromatic heterocycles. The van der Waals surface area contributed by atoms with Crippen LogP contribution < -0.4 is 0 Å². The van der Waals surface area contributed by atoms with Gasteiger partial charge in [-0.05, 0) is 43.9 Å². The molecule has 0 radical (unpaired) electrons. The van der Waals surface area contributed by atoms with Gasteiger partial charge in [0, 0.05) is 0 Å². The van der Waals surface area contributed by atoms with E-state index in [0.29, 0.717) is 0 Å². The minimum atomic E-state index is 0.845. The molecular weight excluding hydrogens is 288 g/mol. The molecule has 0 aliphatic rings. The Kier molecular flexibility index (Phi) is 18.4. The molecule has 0 aliphatic heterocycles. The summed E-state index contributed by atoms with van der Waals surface area (Å²) in [6, 6.07) is 0. The Balaban J connectivity index is 3.42. The second-order valence-electron chi connectivity index (χ2n) is 7.85. The van der Waals surface area contributed by atoms with Crippen LogP contribution in [0, 0.1) is 11.8 Å². The molecule has 24 heavy (non-hydrogen) atoms. The summed E-state index contributed by atoms with van der Waals surface area (Å²) < 4.78 is 0. The Hall–Kier alpha value is -0.520. The van der Waals surface area contributed by atoms with E-state index in [9.17, 15) is 0 Å². The lowest BCUT2D eigenvalue weighted by molar-refractivity contribution is 0.353. The lowest BCUT2D eigenvalue weighted by Crippen LogP contribution is -2.07. The molecule has 0 heterocycles. The predicted molar refractivity (Wildman–Crippen MR) is 113 cm³/mol. The SMILES string of the molecule is C=CCCCCCCCCC=CCC(C)C(C)CCCCCCC. The highest BCUT2D eigenvalue weighted by atomic mass is 14.2. The fourth-order valence-corrected chi connectivity index (χ4v) is 3.27. The molecule has 2 unspecified atom stereocenters. The van der Waals surface area contributed by atoms with Crippen LogP contribution in [-0.2, 0) is 0 Å². The fourth-order valence-electron chi connectivity index (χ4n) is 3.27. The van der Waals surface area contributed by atoms with E-state index in [2.05, 4.69) is 39.5 Å². The highest BCUT2D eigenvalue weighted by molar-refractivity contribution is 4.84. The van der Waals surface area contributed by atoms with Gasteiger partial charge in [0.15, 0.2) is 0 Å². The first-order chi connectivity index (χ1) is 11.7. The topological polar surface area (TPSA) is 0 Å². The van der Waals surface area contributed by atoms with Gasteiger partial charge in [-0.15, -0.1) is 6.58 Å². The monoisotopic (exact) mass is 334 g/mol. The molecule has 2 atom stereocenters. The van der Waals surface area contributed by atoms with Crippen molar-refractivity contribution in [2.45, 2.75) is 117 Å². The lowest BCUT2D eigenvalue weighted by Gasteiger charge is -2.18. The van der Waals surface area contributed by atoms with E-state index in [1.807, 2.05) is 6.08 Å². The zero-order valence-corrected chi connectivity index (χ0v) is 17.2. The summed E-state index contributed by atoms with van der Waals surface area (Å²) in [5.74, 6) is 1.73. The second kappa shape index (κ2) is 18.8. The van der Waals surface area contributed by atoms with Gasteiger partial charge in [-0.2, -0.15) is 0 Å². The zero-order valence-electron chi connectivity index (χ0n) is 17.2. The molecule has 142 valence electrons. The molecule has 0 fully saturated rings. The summed E-state index contributed by atoms with van der Waals surface area (Å²) in [5.41, 5.74) is 0. The van der Waals surface area contributed by atoms with Crippen molar-refractivity contribution in [1.82, 2.24) is 0 Å². The van der Waals surface area contributed by atoms with Crippen molar-refractivity contribution in [2.24, 2.45) is 11.8 Å². The Morgan fingerprint density at radius 1 is 0.667 bits per heavy atom. The first kappa shape index (κ1) is 23.5. The maximum absolute atomic E-state index is 3.78. The van der Waals surface area contributed by atoms with Crippen LogP contribution in [-0.4, -0.2) is 0 Å². The third-order valence-corrected chi connectivity index (χ3v) is 5.44. The van der Waals surface area contributed by atoms with Crippen LogP contribution in [0.25, 0.3) is 0 Å². The van der Waals surface area contributed by atoms with Gasteiger partial charge in [-0.25, -0.2) is 0 Å². The van der Waals surface area contributed by atoms with Gasteiger partial charge < -0.3 is 0 Å². The van der Waals surface area contributed by atoms with E-state index in [-0.39, 0.29) is 0 Å². The highest BCUT2D eigenvalue weighted by Gasteiger charge is 2.10. The quantitative estimate of drug-likeness (QED) is 0.173. The molecule has 0 amide bonds. The molecule has 0 bridgehead atoms. The Morgan fingerprint density at radius 2 is 1.25 bits per heavy atom. The minimum absolute atomic E-state index is 0.845. The van der Waals surface area contributed by atoms with E-state index >= 15 is 0 Å². The number of allylic oxidation sites excluding steroid dienone is 3. The van der Waals surface area contributed by atoms with Crippen LogP contribution in [0.3, 0.4) is 0 Å². The van der Waals surface area contributed by atoms with Crippen molar-refractivity contribution >= 4 is 0 Å². The average Bonchev–Trinajstić information content (AvgIpc) is 2.59. The summed E-state index contributed by atoms with van der Waals surface area (Å²) in [6.45, 7) is 11.0. The minimum Gasteiger partial charge on any atom is -0.103 e. The molecule has 0 saturated heterocycles. The van der Waals surface area contributed by atoms with Crippen molar-refractivity contribution in [2.75, 3.05) is 0 Å². The summed E-state index contributed by atoms with van der Waals surface area (Å²) in [5, 5.41) is 0. The van der Waals surface area contributed by atoms with E-state index in [0.717, 1.165) is 11.8 Å². The molecule has 0 aromatic carbocycles. The van der Waals surface area contributed by atoms with Crippen LogP contribution in [0.4, 0.5) is 0 Å². The Bertz CT molecular complexity index is 276. The normalized spacial score (nSPS) is 14.1. The maximum Gasteiger partial charge on any atom is -0.0322 e. The first-order valence-corrected chi connectivity index (χ1v) is 11.0. The predicted octanol–water partition coefficient (Wildman–Crippen LogP) is 8.87. The molecule has 0 heteroatoms. The second-order valence-corrected chi connectivity index (χ2v) is 7.85. The van der Waals surface area contributed by atoms with E-state index in [1.165, 1.54) is 96.3 Å². The van der Waals surface area contributed by atoms with Gasteiger partial charge in [-0.1, -0.05) is 103 Å². The summed E-state index contributed by atoms with van der Waals surface area (Å²) in [4.78, 5) is 0. The number of rotatable bonds is 18. The van der Waals surface area contributed by atoms with Crippen molar-refractivity contribution < 1.29 is 0 Å². The number of hydrogen-bond acceptors (Lipinski definition) is 0.